The summed E-state index contributed by atoms with van der Waals surface area (Å²) in [6, 6.07) is 6.93. The molecule has 1 saturated heterocycles. The van der Waals surface area contributed by atoms with Crippen LogP contribution in [0.2, 0.25) is 0 Å². The van der Waals surface area contributed by atoms with Crippen LogP contribution in [-0.4, -0.2) is 52.4 Å². The summed E-state index contributed by atoms with van der Waals surface area (Å²) in [6.07, 6.45) is 6.66. The van der Waals surface area contributed by atoms with Crippen molar-refractivity contribution in [2.45, 2.75) is 43.4 Å². The Hall–Kier alpha value is -3.27. The van der Waals surface area contributed by atoms with E-state index in [1.54, 1.807) is 18.5 Å². The van der Waals surface area contributed by atoms with E-state index in [1.807, 2.05) is 29.9 Å². The number of rotatable bonds is 5. The number of fused-ring (bicyclic) bond motifs is 1. The van der Waals surface area contributed by atoms with E-state index in [1.165, 1.54) is 6.26 Å². The zero-order chi connectivity index (χ0) is 24.0. The number of piperidine rings is 1. The molecule has 1 fully saturated rings. The Labute approximate surface area is 198 Å². The number of aromatic nitrogens is 5. The molecule has 0 atom stereocenters. The van der Waals surface area contributed by atoms with Gasteiger partial charge in [-0.15, -0.1) is 0 Å². The molecule has 1 aromatic carbocycles. The van der Waals surface area contributed by atoms with Gasteiger partial charge >= 0.3 is 0 Å². The van der Waals surface area contributed by atoms with Gasteiger partial charge in [-0.2, -0.15) is 4.98 Å². The minimum atomic E-state index is -3.24. The summed E-state index contributed by atoms with van der Waals surface area (Å²) in [5.74, 6) is 2.90. The van der Waals surface area contributed by atoms with Gasteiger partial charge in [0.1, 0.15) is 17.4 Å². The number of anilines is 1. The monoisotopic (exact) mass is 480 g/mol. The highest BCUT2D eigenvalue weighted by Crippen LogP contribution is 2.36. The highest BCUT2D eigenvalue weighted by Gasteiger charge is 2.28. The standard InChI is InChI=1S/C24H28N6O3S/c1-15(2)22-27-24(33-28-22)17-9-11-30(12-10-17)23-21-20(25-14-26-23)19(13-29(21)3)16-5-7-18(8-6-16)34(4,31)32/h5-8,13-15,17H,9-12H2,1-4H3. The lowest BCUT2D eigenvalue weighted by Gasteiger charge is -2.31. The third-order valence-corrected chi connectivity index (χ3v) is 7.57. The minimum Gasteiger partial charge on any atom is -0.355 e. The molecule has 4 aromatic rings. The Balaban J connectivity index is 1.41. The summed E-state index contributed by atoms with van der Waals surface area (Å²) in [7, 11) is -1.25. The smallest absolute Gasteiger partial charge is 0.229 e. The molecule has 0 radical (unpaired) electrons. The normalized spacial score (nSPS) is 15.5. The van der Waals surface area contributed by atoms with Crippen molar-refractivity contribution in [1.29, 1.82) is 0 Å². The van der Waals surface area contributed by atoms with Gasteiger partial charge in [-0.05, 0) is 30.5 Å². The minimum absolute atomic E-state index is 0.251. The maximum Gasteiger partial charge on any atom is 0.229 e. The quantitative estimate of drug-likeness (QED) is 0.423. The highest BCUT2D eigenvalue weighted by atomic mass is 32.2. The second-order valence-electron chi connectivity index (χ2n) is 9.25. The van der Waals surface area contributed by atoms with Crippen molar-refractivity contribution in [3.63, 3.8) is 0 Å². The molecule has 34 heavy (non-hydrogen) atoms. The van der Waals surface area contributed by atoms with E-state index in [4.69, 9.17) is 4.52 Å². The summed E-state index contributed by atoms with van der Waals surface area (Å²) in [6.45, 7) is 5.79. The van der Waals surface area contributed by atoms with Gasteiger partial charge in [0.25, 0.3) is 0 Å². The zero-order valence-corrected chi connectivity index (χ0v) is 20.6. The third-order valence-electron chi connectivity index (χ3n) is 6.44. The predicted octanol–water partition coefficient (Wildman–Crippen LogP) is 3.93. The molecule has 0 N–H and O–H groups in total. The highest BCUT2D eigenvalue weighted by molar-refractivity contribution is 7.90. The van der Waals surface area contributed by atoms with Crippen molar-refractivity contribution in [2.24, 2.45) is 7.05 Å². The average molecular weight is 481 g/mol. The second kappa shape index (κ2) is 8.50. The molecule has 9 nitrogen and oxygen atoms in total. The summed E-state index contributed by atoms with van der Waals surface area (Å²) in [4.78, 5) is 16.4. The van der Waals surface area contributed by atoms with E-state index < -0.39 is 9.84 Å². The van der Waals surface area contributed by atoms with E-state index in [0.717, 1.165) is 65.6 Å². The predicted molar refractivity (Wildman–Crippen MR) is 130 cm³/mol. The van der Waals surface area contributed by atoms with E-state index >= 15 is 0 Å². The van der Waals surface area contributed by atoms with E-state index in [9.17, 15) is 8.42 Å². The first-order valence-electron chi connectivity index (χ1n) is 11.4. The van der Waals surface area contributed by atoms with Crippen LogP contribution in [0.5, 0.6) is 0 Å². The van der Waals surface area contributed by atoms with Gasteiger partial charge in [0.2, 0.25) is 5.89 Å². The molecule has 10 heteroatoms. The Kier molecular flexibility index (Phi) is 5.63. The molecule has 3 aromatic heterocycles. The molecule has 0 amide bonds. The van der Waals surface area contributed by atoms with Gasteiger partial charge in [0, 0.05) is 50.0 Å². The first-order valence-corrected chi connectivity index (χ1v) is 13.3. The van der Waals surface area contributed by atoms with Gasteiger partial charge in [-0.3, -0.25) is 0 Å². The molecule has 0 saturated carbocycles. The number of sulfone groups is 1. The fourth-order valence-electron chi connectivity index (χ4n) is 4.52. The molecule has 0 unspecified atom stereocenters. The molecule has 5 rings (SSSR count). The zero-order valence-electron chi connectivity index (χ0n) is 19.8. The van der Waals surface area contributed by atoms with Gasteiger partial charge in [-0.25, -0.2) is 18.4 Å². The molecule has 4 heterocycles. The van der Waals surface area contributed by atoms with E-state index in [2.05, 4.69) is 38.9 Å². The Morgan fingerprint density at radius 3 is 2.41 bits per heavy atom. The lowest BCUT2D eigenvalue weighted by molar-refractivity contribution is 0.326. The Bertz CT molecular complexity index is 1430. The molecule has 178 valence electrons. The van der Waals surface area contributed by atoms with Crippen LogP contribution in [0.3, 0.4) is 0 Å². The first kappa shape index (κ1) is 22.5. The van der Waals surface area contributed by atoms with Gasteiger partial charge in [0.05, 0.1) is 4.90 Å². The SMILES string of the molecule is CC(C)c1noc(C2CCN(c3ncnc4c(-c5ccc(S(C)(=O)=O)cc5)cn(C)c34)CC2)n1. The number of benzene rings is 1. The average Bonchev–Trinajstić information content (AvgIpc) is 3.44. The molecule has 0 aliphatic carbocycles. The van der Waals surface area contributed by atoms with Crippen LogP contribution in [0.25, 0.3) is 22.2 Å². The van der Waals surface area contributed by atoms with Crippen LogP contribution < -0.4 is 4.90 Å². The number of hydrogen-bond donors (Lipinski definition) is 0. The van der Waals surface area contributed by atoms with Crippen molar-refractivity contribution in [3.05, 3.63) is 48.5 Å². The van der Waals surface area contributed by atoms with E-state index in [-0.39, 0.29) is 11.8 Å². The van der Waals surface area contributed by atoms with Crippen LogP contribution in [0.4, 0.5) is 5.82 Å². The van der Waals surface area contributed by atoms with Crippen LogP contribution in [0.15, 0.2) is 46.2 Å². The van der Waals surface area contributed by atoms with Gasteiger partial charge < -0.3 is 14.0 Å². The number of nitrogens with zero attached hydrogens (tertiary/aromatic N) is 6. The van der Waals surface area contributed by atoms with Crippen molar-refractivity contribution < 1.29 is 12.9 Å². The number of hydrogen-bond acceptors (Lipinski definition) is 8. The van der Waals surface area contributed by atoms with Crippen LogP contribution in [0, 0.1) is 0 Å². The van der Waals surface area contributed by atoms with Crippen molar-refractivity contribution in [1.82, 2.24) is 24.7 Å². The molecule has 1 aliphatic rings. The molecule has 1 aliphatic heterocycles. The van der Waals surface area contributed by atoms with Crippen molar-refractivity contribution in [3.8, 4) is 11.1 Å². The van der Waals surface area contributed by atoms with Crippen molar-refractivity contribution in [2.75, 3.05) is 24.2 Å². The van der Waals surface area contributed by atoms with Gasteiger partial charge in [0.15, 0.2) is 21.5 Å². The topological polar surface area (TPSA) is 107 Å². The fraction of sp³-hybridized carbons (Fsp3) is 0.417. The first-order chi connectivity index (χ1) is 16.2. The maximum atomic E-state index is 11.8. The second-order valence-corrected chi connectivity index (χ2v) is 11.3. The summed E-state index contributed by atoms with van der Waals surface area (Å²) < 4.78 is 31.2. The van der Waals surface area contributed by atoms with Crippen LogP contribution in [-0.2, 0) is 16.9 Å². The largest absolute Gasteiger partial charge is 0.355 e. The summed E-state index contributed by atoms with van der Waals surface area (Å²) in [5.41, 5.74) is 3.67. The molecular weight excluding hydrogens is 452 g/mol. The molecule has 0 bridgehead atoms. The summed E-state index contributed by atoms with van der Waals surface area (Å²) >= 11 is 0. The Morgan fingerprint density at radius 1 is 1.09 bits per heavy atom. The van der Waals surface area contributed by atoms with Crippen LogP contribution >= 0.6 is 0 Å². The fourth-order valence-corrected chi connectivity index (χ4v) is 5.15. The van der Waals surface area contributed by atoms with Crippen LogP contribution in [0.1, 0.15) is 50.2 Å². The molecular formula is C24H28N6O3S. The lowest BCUT2D eigenvalue weighted by atomic mass is 9.96. The molecule has 0 spiro atoms. The van der Waals surface area contributed by atoms with Gasteiger partial charge in [-0.1, -0.05) is 31.1 Å². The maximum absolute atomic E-state index is 11.8. The number of aryl methyl sites for hydroxylation is 1. The Morgan fingerprint density at radius 2 is 1.79 bits per heavy atom. The summed E-state index contributed by atoms with van der Waals surface area (Å²) in [5, 5.41) is 4.11. The van der Waals surface area contributed by atoms with E-state index in [0.29, 0.717) is 4.90 Å². The third kappa shape index (κ3) is 4.06. The lowest BCUT2D eigenvalue weighted by Crippen LogP contribution is -2.34. The van der Waals surface area contributed by atoms with Crippen molar-refractivity contribution >= 4 is 26.7 Å².